The van der Waals surface area contributed by atoms with Gasteiger partial charge in [0.15, 0.2) is 0 Å². The zero-order valence-corrected chi connectivity index (χ0v) is 10.4. The van der Waals surface area contributed by atoms with E-state index in [0.29, 0.717) is 6.42 Å². The smallest absolute Gasteiger partial charge is 0.109 e. The molecule has 17 heavy (non-hydrogen) atoms. The van der Waals surface area contributed by atoms with Gasteiger partial charge in [-0.25, -0.2) is 0 Å². The number of piperidine rings is 1. The molecule has 3 unspecified atom stereocenters. The van der Waals surface area contributed by atoms with Gasteiger partial charge in [-0.15, -0.1) is 0 Å². The standard InChI is InChI=1S/C14H19N3/c1-11-9-17(2)13(8-14(11,16)10-15)12-6-4-3-5-7-12/h3-7,11,13H,8-9,16H2,1-2H3. The molecule has 0 amide bonds. The lowest BCUT2D eigenvalue weighted by atomic mass is 9.76. The summed E-state index contributed by atoms with van der Waals surface area (Å²) in [4.78, 5) is 2.29. The third-order valence-electron chi connectivity index (χ3n) is 3.90. The third-order valence-corrected chi connectivity index (χ3v) is 3.90. The predicted octanol–water partition coefficient (Wildman–Crippen LogP) is 1.92. The van der Waals surface area contributed by atoms with Crippen molar-refractivity contribution in [2.75, 3.05) is 13.6 Å². The van der Waals surface area contributed by atoms with E-state index in [4.69, 9.17) is 5.73 Å². The molecule has 90 valence electrons. The summed E-state index contributed by atoms with van der Waals surface area (Å²) in [5.74, 6) is 0.206. The van der Waals surface area contributed by atoms with Crippen LogP contribution in [0.5, 0.6) is 0 Å². The molecule has 0 radical (unpaired) electrons. The molecule has 0 bridgehead atoms. The molecule has 0 saturated carbocycles. The largest absolute Gasteiger partial charge is 0.313 e. The van der Waals surface area contributed by atoms with Crippen molar-refractivity contribution in [1.29, 1.82) is 5.26 Å². The minimum absolute atomic E-state index is 0.206. The van der Waals surface area contributed by atoms with Gasteiger partial charge in [-0.05, 0) is 19.0 Å². The molecule has 1 fully saturated rings. The fourth-order valence-corrected chi connectivity index (χ4v) is 2.60. The Morgan fingerprint density at radius 1 is 1.41 bits per heavy atom. The number of nitrogens with zero attached hydrogens (tertiary/aromatic N) is 2. The van der Waals surface area contributed by atoms with Crippen LogP contribution in [0.3, 0.4) is 0 Å². The van der Waals surface area contributed by atoms with Crippen LogP contribution in [0.4, 0.5) is 0 Å². The van der Waals surface area contributed by atoms with E-state index in [9.17, 15) is 5.26 Å². The fourth-order valence-electron chi connectivity index (χ4n) is 2.60. The summed E-state index contributed by atoms with van der Waals surface area (Å²) in [5, 5.41) is 9.28. The summed E-state index contributed by atoms with van der Waals surface area (Å²) in [6, 6.07) is 12.8. The summed E-state index contributed by atoms with van der Waals surface area (Å²) in [5.41, 5.74) is 6.75. The summed E-state index contributed by atoms with van der Waals surface area (Å²) in [6.07, 6.45) is 0.700. The van der Waals surface area contributed by atoms with Crippen LogP contribution in [0.15, 0.2) is 30.3 Å². The summed E-state index contributed by atoms with van der Waals surface area (Å²) in [7, 11) is 2.10. The number of nitrogens with two attached hydrogens (primary N) is 1. The highest BCUT2D eigenvalue weighted by Crippen LogP contribution is 2.36. The average Bonchev–Trinajstić information content (AvgIpc) is 2.35. The van der Waals surface area contributed by atoms with E-state index in [1.807, 2.05) is 18.2 Å². The molecule has 1 aromatic rings. The highest BCUT2D eigenvalue weighted by molar-refractivity contribution is 5.23. The number of hydrogen-bond donors (Lipinski definition) is 1. The predicted molar refractivity (Wildman–Crippen MR) is 68.1 cm³/mol. The van der Waals surface area contributed by atoms with Gasteiger partial charge in [-0.1, -0.05) is 37.3 Å². The van der Waals surface area contributed by atoms with Gasteiger partial charge in [0.1, 0.15) is 5.54 Å². The Balaban J connectivity index is 2.28. The lowest BCUT2D eigenvalue weighted by molar-refractivity contribution is 0.0982. The first kappa shape index (κ1) is 12.1. The van der Waals surface area contributed by atoms with E-state index in [-0.39, 0.29) is 12.0 Å². The molecule has 0 aromatic heterocycles. The number of nitriles is 1. The van der Waals surface area contributed by atoms with Crippen molar-refractivity contribution in [2.45, 2.75) is 24.9 Å². The Bertz CT molecular complexity index is 423. The van der Waals surface area contributed by atoms with Crippen LogP contribution in [-0.4, -0.2) is 24.0 Å². The van der Waals surface area contributed by atoms with E-state index in [1.54, 1.807) is 0 Å². The molecule has 2 N–H and O–H groups in total. The van der Waals surface area contributed by atoms with Crippen LogP contribution >= 0.6 is 0 Å². The molecular weight excluding hydrogens is 210 g/mol. The maximum absolute atomic E-state index is 9.28. The van der Waals surface area contributed by atoms with Crippen molar-refractivity contribution >= 4 is 0 Å². The Hall–Kier alpha value is -1.37. The van der Waals surface area contributed by atoms with Crippen molar-refractivity contribution in [3.63, 3.8) is 0 Å². The Labute approximate surface area is 103 Å². The van der Waals surface area contributed by atoms with Crippen molar-refractivity contribution in [3.05, 3.63) is 35.9 Å². The van der Waals surface area contributed by atoms with Crippen molar-refractivity contribution in [3.8, 4) is 6.07 Å². The molecule has 1 heterocycles. The Morgan fingerprint density at radius 2 is 2.06 bits per heavy atom. The molecule has 1 aliphatic rings. The number of benzene rings is 1. The van der Waals surface area contributed by atoms with Crippen LogP contribution < -0.4 is 5.73 Å². The first-order valence-corrected chi connectivity index (χ1v) is 6.02. The second kappa shape index (κ2) is 4.48. The number of hydrogen-bond acceptors (Lipinski definition) is 3. The molecule has 1 aliphatic heterocycles. The fraction of sp³-hybridized carbons (Fsp3) is 0.500. The van der Waals surface area contributed by atoms with Crippen LogP contribution in [0.1, 0.15) is 24.9 Å². The third kappa shape index (κ3) is 2.19. The van der Waals surface area contributed by atoms with Gasteiger partial charge in [0.25, 0.3) is 0 Å². The van der Waals surface area contributed by atoms with E-state index in [0.717, 1.165) is 6.54 Å². The SMILES string of the molecule is CC1CN(C)C(c2ccccc2)CC1(N)C#N. The monoisotopic (exact) mass is 229 g/mol. The van der Waals surface area contributed by atoms with Crippen molar-refractivity contribution in [1.82, 2.24) is 4.90 Å². The van der Waals surface area contributed by atoms with Crippen molar-refractivity contribution < 1.29 is 0 Å². The second-order valence-electron chi connectivity index (χ2n) is 5.12. The molecular formula is C14H19N3. The summed E-state index contributed by atoms with van der Waals surface area (Å²) < 4.78 is 0. The van der Waals surface area contributed by atoms with Gasteiger partial charge in [0.05, 0.1) is 6.07 Å². The van der Waals surface area contributed by atoms with Gasteiger partial charge in [0.2, 0.25) is 0 Å². The van der Waals surface area contributed by atoms with E-state index < -0.39 is 5.54 Å². The molecule has 0 spiro atoms. The van der Waals surface area contributed by atoms with Gasteiger partial charge in [-0.2, -0.15) is 5.26 Å². The van der Waals surface area contributed by atoms with Gasteiger partial charge in [0, 0.05) is 18.5 Å². The summed E-state index contributed by atoms with van der Waals surface area (Å²) in [6.45, 7) is 2.92. The zero-order valence-electron chi connectivity index (χ0n) is 10.4. The number of likely N-dealkylation sites (tertiary alicyclic amines) is 1. The molecule has 1 aromatic carbocycles. The first-order valence-electron chi connectivity index (χ1n) is 6.02. The maximum atomic E-state index is 9.28. The summed E-state index contributed by atoms with van der Waals surface area (Å²) >= 11 is 0. The minimum atomic E-state index is -0.701. The molecule has 2 rings (SSSR count). The van der Waals surface area contributed by atoms with E-state index in [1.165, 1.54) is 5.56 Å². The average molecular weight is 229 g/mol. The molecule has 3 atom stereocenters. The maximum Gasteiger partial charge on any atom is 0.109 e. The van der Waals surface area contributed by atoms with Gasteiger partial charge >= 0.3 is 0 Å². The highest BCUT2D eigenvalue weighted by Gasteiger charge is 2.41. The normalized spacial score (nSPS) is 34.2. The minimum Gasteiger partial charge on any atom is -0.313 e. The topological polar surface area (TPSA) is 53.0 Å². The molecule has 0 aliphatic carbocycles. The molecule has 1 saturated heterocycles. The van der Waals surface area contributed by atoms with E-state index in [2.05, 4.69) is 37.1 Å². The van der Waals surface area contributed by atoms with Crippen LogP contribution in [0, 0.1) is 17.2 Å². The highest BCUT2D eigenvalue weighted by atomic mass is 15.2. The van der Waals surface area contributed by atoms with Crippen LogP contribution in [0.25, 0.3) is 0 Å². The lowest BCUT2D eigenvalue weighted by Gasteiger charge is -2.44. The van der Waals surface area contributed by atoms with Gasteiger partial charge < -0.3 is 5.73 Å². The lowest BCUT2D eigenvalue weighted by Crippen LogP contribution is -2.55. The number of rotatable bonds is 1. The van der Waals surface area contributed by atoms with Crippen LogP contribution in [0.2, 0.25) is 0 Å². The second-order valence-corrected chi connectivity index (χ2v) is 5.12. The van der Waals surface area contributed by atoms with Gasteiger partial charge in [-0.3, -0.25) is 4.90 Å². The first-order chi connectivity index (χ1) is 8.07. The zero-order chi connectivity index (χ0) is 12.5. The van der Waals surface area contributed by atoms with E-state index >= 15 is 0 Å². The Kier molecular flexibility index (Phi) is 3.19. The van der Waals surface area contributed by atoms with Crippen molar-refractivity contribution in [2.24, 2.45) is 11.7 Å². The Morgan fingerprint density at radius 3 is 2.65 bits per heavy atom. The van der Waals surface area contributed by atoms with Crippen LogP contribution in [-0.2, 0) is 0 Å². The molecule has 3 nitrogen and oxygen atoms in total. The quantitative estimate of drug-likeness (QED) is 0.800. The molecule has 3 heteroatoms.